The molecule has 0 aromatic heterocycles. The fraction of sp³-hybridized carbons (Fsp3) is 0.333. The molecule has 0 aliphatic carbocycles. The quantitative estimate of drug-likeness (QED) is 0.223. The molecule has 2 aromatic carbocycles. The van der Waals surface area contributed by atoms with Crippen molar-refractivity contribution in [3.05, 3.63) is 34.9 Å². The minimum absolute atomic E-state index is 0.161. The highest BCUT2D eigenvalue weighted by Gasteiger charge is 2.52. The van der Waals surface area contributed by atoms with Crippen molar-refractivity contribution in [2.45, 2.75) is 30.5 Å². The first-order valence-corrected chi connectivity index (χ1v) is 9.82. The Morgan fingerprint density at radius 1 is 0.971 bits per heavy atom. The van der Waals surface area contributed by atoms with Crippen LogP contribution < -0.4 is 4.74 Å². The van der Waals surface area contributed by atoms with E-state index in [1.54, 1.807) is 0 Å². The highest BCUT2D eigenvalue weighted by Crippen LogP contribution is 2.50. The summed E-state index contributed by atoms with van der Waals surface area (Å²) >= 11 is 0. The van der Waals surface area contributed by atoms with E-state index in [2.05, 4.69) is 0 Å². The number of ether oxygens (including phenoxy) is 4. The van der Waals surface area contributed by atoms with Crippen LogP contribution in [0.15, 0.2) is 18.2 Å². The van der Waals surface area contributed by atoms with Gasteiger partial charge in [0.25, 0.3) is 0 Å². The summed E-state index contributed by atoms with van der Waals surface area (Å²) in [5.74, 6) is -5.97. The summed E-state index contributed by atoms with van der Waals surface area (Å²) in [5, 5.41) is 70.0. The maximum absolute atomic E-state index is 12.4. The Hall–Kier alpha value is -3.94. The van der Waals surface area contributed by atoms with Gasteiger partial charge >= 0.3 is 11.9 Å². The van der Waals surface area contributed by atoms with Crippen LogP contribution in [0.1, 0.15) is 32.4 Å². The number of hydrogen-bond donors (Lipinski definition) is 7. The smallest absolute Gasteiger partial charge is 0.339 e. The van der Waals surface area contributed by atoms with Crippen LogP contribution in [0.3, 0.4) is 0 Å². The third-order valence-corrected chi connectivity index (χ3v) is 5.60. The fourth-order valence-corrected chi connectivity index (χ4v) is 3.90. The van der Waals surface area contributed by atoms with E-state index in [-0.39, 0.29) is 22.4 Å². The van der Waals surface area contributed by atoms with Gasteiger partial charge in [-0.3, -0.25) is 0 Å². The molecule has 0 saturated carbocycles. The van der Waals surface area contributed by atoms with E-state index < -0.39 is 77.8 Å². The lowest BCUT2D eigenvalue weighted by molar-refractivity contribution is -0.235. The Morgan fingerprint density at radius 2 is 1.62 bits per heavy atom. The van der Waals surface area contributed by atoms with Gasteiger partial charge in [0.05, 0.1) is 18.2 Å². The normalized spacial score (nSPS) is 25.6. The molecule has 1 fully saturated rings. The van der Waals surface area contributed by atoms with Crippen LogP contribution in [0.5, 0.6) is 34.5 Å². The summed E-state index contributed by atoms with van der Waals surface area (Å²) in [4.78, 5) is 24.7. The summed E-state index contributed by atoms with van der Waals surface area (Å²) < 4.78 is 20.8. The lowest BCUT2D eigenvalue weighted by atomic mass is 9.86. The first-order valence-electron chi connectivity index (χ1n) is 9.82. The van der Waals surface area contributed by atoms with Crippen LogP contribution in [0.25, 0.3) is 0 Å². The molecule has 5 atom stereocenters. The number of fused-ring (bicyclic) bond motifs is 3. The number of carbonyl (C=O) groups excluding carboxylic acids is 2. The molecule has 1 saturated heterocycles. The predicted molar refractivity (Wildman–Crippen MR) is 107 cm³/mol. The number of phenolic OH excluding ortho intramolecular Hbond substituents is 5. The lowest BCUT2D eigenvalue weighted by Crippen LogP contribution is -2.58. The molecule has 0 amide bonds. The Balaban J connectivity index is 1.60. The van der Waals surface area contributed by atoms with Gasteiger partial charge in [0, 0.05) is 5.56 Å². The largest absolute Gasteiger partial charge is 0.504 e. The highest BCUT2D eigenvalue weighted by atomic mass is 16.6. The summed E-state index contributed by atoms with van der Waals surface area (Å²) in [6.45, 7) is -0.637. The van der Waals surface area contributed by atoms with Gasteiger partial charge in [-0.1, -0.05) is 0 Å². The zero-order valence-electron chi connectivity index (χ0n) is 17.4. The zero-order chi connectivity index (χ0) is 24.9. The van der Waals surface area contributed by atoms with Gasteiger partial charge in [0.1, 0.15) is 31.0 Å². The summed E-state index contributed by atoms with van der Waals surface area (Å²) in [6.07, 6.45) is -7.53. The molecule has 34 heavy (non-hydrogen) atoms. The first-order chi connectivity index (χ1) is 16.0. The van der Waals surface area contributed by atoms with Crippen molar-refractivity contribution in [1.29, 1.82) is 0 Å². The Labute approximate surface area is 190 Å². The molecule has 4 rings (SSSR count). The van der Waals surface area contributed by atoms with E-state index in [0.717, 1.165) is 18.2 Å². The minimum atomic E-state index is -1.71. The number of benzene rings is 2. The molecular weight excluding hydrogens is 460 g/mol. The van der Waals surface area contributed by atoms with Crippen LogP contribution in [-0.2, 0) is 14.2 Å². The van der Waals surface area contributed by atoms with Gasteiger partial charge in [0.2, 0.25) is 5.75 Å². The molecule has 182 valence electrons. The first kappa shape index (κ1) is 23.2. The number of aliphatic hydroxyl groups excluding tert-OH is 2. The Kier molecular flexibility index (Phi) is 5.77. The number of rotatable bonds is 4. The third-order valence-electron chi connectivity index (χ3n) is 5.60. The van der Waals surface area contributed by atoms with E-state index in [0.29, 0.717) is 0 Å². The van der Waals surface area contributed by atoms with E-state index >= 15 is 0 Å². The molecule has 2 aliphatic heterocycles. The molecule has 0 radical (unpaired) electrons. The zero-order valence-corrected chi connectivity index (χ0v) is 17.4. The van der Waals surface area contributed by atoms with E-state index in [9.17, 15) is 45.3 Å². The molecule has 0 bridgehead atoms. The van der Waals surface area contributed by atoms with Gasteiger partial charge in [0.15, 0.2) is 34.9 Å². The van der Waals surface area contributed by atoms with Crippen molar-refractivity contribution < 1.29 is 64.3 Å². The van der Waals surface area contributed by atoms with Crippen LogP contribution >= 0.6 is 0 Å². The summed E-state index contributed by atoms with van der Waals surface area (Å²) in [6, 6.07) is 2.67. The van der Waals surface area contributed by atoms with Gasteiger partial charge in [-0.15, -0.1) is 0 Å². The summed E-state index contributed by atoms with van der Waals surface area (Å²) in [7, 11) is 1.17. The maximum atomic E-state index is 12.4. The molecule has 13 nitrogen and oxygen atoms in total. The Morgan fingerprint density at radius 3 is 2.24 bits per heavy atom. The molecular formula is C21H20O13. The molecule has 2 aromatic rings. The van der Waals surface area contributed by atoms with Gasteiger partial charge < -0.3 is 54.7 Å². The topological polar surface area (TPSA) is 213 Å². The van der Waals surface area contributed by atoms with Gasteiger partial charge in [-0.2, -0.15) is 0 Å². The molecule has 13 heteroatoms. The number of aliphatic hydroxyl groups is 2. The van der Waals surface area contributed by atoms with Gasteiger partial charge in [-0.25, -0.2) is 9.59 Å². The SMILES string of the molecule is COc1c(O)cc2c(c1O)[C@@H]1O[C@@H](COC(=O)c3cc(O)c(O)c(O)c3)[C@@H](O)[C@H](O)[C@H]1OC2=O. The monoisotopic (exact) mass is 480 g/mol. The maximum Gasteiger partial charge on any atom is 0.339 e. The number of hydrogen-bond acceptors (Lipinski definition) is 13. The lowest BCUT2D eigenvalue weighted by Gasteiger charge is -2.44. The van der Waals surface area contributed by atoms with Crippen LogP contribution in [0.4, 0.5) is 0 Å². The molecule has 2 aliphatic rings. The van der Waals surface area contributed by atoms with Crippen molar-refractivity contribution >= 4 is 11.9 Å². The summed E-state index contributed by atoms with van der Waals surface area (Å²) in [5.41, 5.74) is -0.746. The second kappa shape index (κ2) is 8.44. The predicted octanol–water partition coefficient (Wildman–Crippen LogP) is -0.219. The molecule has 0 spiro atoms. The fourth-order valence-electron chi connectivity index (χ4n) is 3.90. The van der Waals surface area contributed by atoms with Crippen molar-refractivity contribution in [1.82, 2.24) is 0 Å². The van der Waals surface area contributed by atoms with Crippen LogP contribution in [0.2, 0.25) is 0 Å². The highest BCUT2D eigenvalue weighted by molar-refractivity contribution is 5.95. The van der Waals surface area contributed by atoms with Crippen molar-refractivity contribution in [2.75, 3.05) is 13.7 Å². The van der Waals surface area contributed by atoms with Crippen molar-refractivity contribution in [2.24, 2.45) is 0 Å². The van der Waals surface area contributed by atoms with E-state index in [4.69, 9.17) is 18.9 Å². The number of phenols is 5. The third kappa shape index (κ3) is 3.65. The number of esters is 2. The second-order valence-electron chi connectivity index (χ2n) is 7.65. The Bertz CT molecular complexity index is 1140. The molecule has 7 N–H and O–H groups in total. The van der Waals surface area contributed by atoms with E-state index in [1.165, 1.54) is 7.11 Å². The number of carbonyl (C=O) groups is 2. The molecule has 0 unspecified atom stereocenters. The minimum Gasteiger partial charge on any atom is -0.504 e. The van der Waals surface area contributed by atoms with Crippen LogP contribution in [-0.4, -0.2) is 85.8 Å². The second-order valence-corrected chi connectivity index (χ2v) is 7.65. The average Bonchev–Trinajstić information content (AvgIpc) is 2.79. The molecule has 2 heterocycles. The van der Waals surface area contributed by atoms with Crippen molar-refractivity contribution in [3.8, 4) is 34.5 Å². The van der Waals surface area contributed by atoms with Crippen molar-refractivity contribution in [3.63, 3.8) is 0 Å². The number of methoxy groups -OCH3 is 1. The average molecular weight is 480 g/mol. The number of aromatic hydroxyl groups is 5. The van der Waals surface area contributed by atoms with Crippen LogP contribution in [0, 0.1) is 0 Å². The van der Waals surface area contributed by atoms with E-state index in [1.807, 2.05) is 0 Å². The standard InChI is InChI=1S/C21H20O13/c1-31-17-10(24)4-7-12(15(17)27)18-19(34-21(7)30)16(28)14(26)11(33-18)5-32-20(29)6-2-8(22)13(25)9(23)3-6/h2-4,11,14,16,18-19,22-28H,5H2,1H3/t11-,14+,16-,18-,19+/m0/s1. The van der Waals surface area contributed by atoms with Gasteiger partial charge in [-0.05, 0) is 18.2 Å².